The van der Waals surface area contributed by atoms with E-state index in [-0.39, 0.29) is 10.8 Å². The van der Waals surface area contributed by atoms with E-state index in [9.17, 15) is 13.2 Å². The number of rotatable bonds is 8. The van der Waals surface area contributed by atoms with Gasteiger partial charge in [0.05, 0.1) is 0 Å². The molecule has 7 nitrogen and oxygen atoms in total. The topological polar surface area (TPSA) is 105 Å². The molecular formula is C16H24N4O3S. The summed E-state index contributed by atoms with van der Waals surface area (Å²) in [5, 5.41) is 2.85. The molecule has 3 N–H and O–H groups in total. The molecule has 1 aliphatic heterocycles. The Morgan fingerprint density at radius 1 is 1.25 bits per heavy atom. The SMILES string of the molecule is CN(CCCC(=O)NCCCCN)C1=NS(=O)(=O)c2ccccc21. The molecule has 1 aromatic rings. The molecule has 0 spiro atoms. The highest BCUT2D eigenvalue weighted by Crippen LogP contribution is 2.26. The summed E-state index contributed by atoms with van der Waals surface area (Å²) in [6.07, 6.45) is 2.80. The number of carbonyl (C=O) groups excluding carboxylic acids is 1. The predicted octanol–water partition coefficient (Wildman–Crippen LogP) is 0.703. The molecule has 1 aromatic carbocycles. The molecule has 0 saturated carbocycles. The van der Waals surface area contributed by atoms with Gasteiger partial charge in [0.15, 0.2) is 0 Å². The van der Waals surface area contributed by atoms with Crippen molar-refractivity contribution in [3.05, 3.63) is 29.8 Å². The maximum absolute atomic E-state index is 12.0. The molecule has 8 heteroatoms. The Morgan fingerprint density at radius 2 is 2.00 bits per heavy atom. The monoisotopic (exact) mass is 352 g/mol. The molecule has 0 radical (unpaired) electrons. The van der Waals surface area contributed by atoms with Crippen LogP contribution in [0.5, 0.6) is 0 Å². The van der Waals surface area contributed by atoms with Crippen molar-refractivity contribution >= 4 is 21.8 Å². The Kier molecular flexibility index (Phi) is 6.33. The minimum Gasteiger partial charge on any atom is -0.358 e. The number of nitrogens with zero attached hydrogens (tertiary/aromatic N) is 2. The summed E-state index contributed by atoms with van der Waals surface area (Å²) in [5.41, 5.74) is 6.02. The van der Waals surface area contributed by atoms with Crippen molar-refractivity contribution in [1.29, 1.82) is 0 Å². The van der Waals surface area contributed by atoms with Crippen LogP contribution in [0.3, 0.4) is 0 Å². The van der Waals surface area contributed by atoms with Crippen molar-refractivity contribution in [3.8, 4) is 0 Å². The van der Waals surface area contributed by atoms with Crippen LogP contribution in [-0.2, 0) is 14.8 Å². The van der Waals surface area contributed by atoms with Gasteiger partial charge in [-0.1, -0.05) is 12.1 Å². The van der Waals surface area contributed by atoms with Gasteiger partial charge in [-0.2, -0.15) is 8.42 Å². The van der Waals surface area contributed by atoms with E-state index in [0.717, 1.165) is 12.8 Å². The lowest BCUT2D eigenvalue weighted by molar-refractivity contribution is -0.121. The number of amidine groups is 1. The van der Waals surface area contributed by atoms with E-state index in [2.05, 4.69) is 9.71 Å². The van der Waals surface area contributed by atoms with Crippen LogP contribution in [0, 0.1) is 0 Å². The van der Waals surface area contributed by atoms with Gasteiger partial charge in [0, 0.05) is 32.1 Å². The first-order chi connectivity index (χ1) is 11.5. The second-order valence-electron chi connectivity index (χ2n) is 5.76. The first kappa shape index (κ1) is 18.4. The van der Waals surface area contributed by atoms with E-state index in [0.29, 0.717) is 43.9 Å². The van der Waals surface area contributed by atoms with Gasteiger partial charge in [0.25, 0.3) is 10.0 Å². The third-order valence-corrected chi connectivity index (χ3v) is 5.15. The molecule has 0 bridgehead atoms. The summed E-state index contributed by atoms with van der Waals surface area (Å²) in [4.78, 5) is 13.7. The summed E-state index contributed by atoms with van der Waals surface area (Å²) < 4.78 is 27.9. The number of hydrogen-bond acceptors (Lipinski definition) is 5. The van der Waals surface area contributed by atoms with Crippen LogP contribution < -0.4 is 11.1 Å². The van der Waals surface area contributed by atoms with Gasteiger partial charge in [-0.15, -0.1) is 4.40 Å². The van der Waals surface area contributed by atoms with Crippen LogP contribution in [0.4, 0.5) is 0 Å². The predicted molar refractivity (Wildman–Crippen MR) is 93.3 cm³/mol. The van der Waals surface area contributed by atoms with Crippen LogP contribution in [0.1, 0.15) is 31.2 Å². The Labute approximate surface area is 143 Å². The van der Waals surface area contributed by atoms with Crippen LogP contribution in [0.15, 0.2) is 33.6 Å². The number of benzene rings is 1. The molecule has 0 aromatic heterocycles. The van der Waals surface area contributed by atoms with Crippen molar-refractivity contribution < 1.29 is 13.2 Å². The van der Waals surface area contributed by atoms with Crippen molar-refractivity contribution in [3.63, 3.8) is 0 Å². The van der Waals surface area contributed by atoms with E-state index < -0.39 is 10.0 Å². The summed E-state index contributed by atoms with van der Waals surface area (Å²) in [5.74, 6) is 0.441. The van der Waals surface area contributed by atoms with Gasteiger partial charge in [-0.3, -0.25) is 4.79 Å². The molecule has 1 amide bonds. The quantitative estimate of drug-likeness (QED) is 0.670. The molecular weight excluding hydrogens is 328 g/mol. The molecule has 1 heterocycles. The zero-order chi connectivity index (χ0) is 17.6. The minimum atomic E-state index is -3.60. The van der Waals surface area contributed by atoms with Crippen molar-refractivity contribution in [2.75, 3.05) is 26.7 Å². The third-order valence-electron chi connectivity index (χ3n) is 3.82. The Hall–Kier alpha value is -1.93. The molecule has 132 valence electrons. The van der Waals surface area contributed by atoms with Gasteiger partial charge in [0.2, 0.25) is 5.91 Å². The first-order valence-electron chi connectivity index (χ1n) is 8.08. The van der Waals surface area contributed by atoms with E-state index >= 15 is 0 Å². The first-order valence-corrected chi connectivity index (χ1v) is 9.52. The fraction of sp³-hybridized carbons (Fsp3) is 0.500. The van der Waals surface area contributed by atoms with Crippen LogP contribution in [-0.4, -0.2) is 51.7 Å². The molecule has 0 aliphatic carbocycles. The van der Waals surface area contributed by atoms with E-state index in [1.54, 1.807) is 36.2 Å². The fourth-order valence-electron chi connectivity index (χ4n) is 2.53. The van der Waals surface area contributed by atoms with E-state index in [1.165, 1.54) is 0 Å². The molecule has 2 rings (SSSR count). The largest absolute Gasteiger partial charge is 0.358 e. The third kappa shape index (κ3) is 4.55. The van der Waals surface area contributed by atoms with Gasteiger partial charge in [-0.25, -0.2) is 0 Å². The average Bonchev–Trinajstić information content (AvgIpc) is 2.84. The lowest BCUT2D eigenvalue weighted by Gasteiger charge is -2.18. The fourth-order valence-corrected chi connectivity index (χ4v) is 3.78. The molecule has 0 fully saturated rings. The van der Waals surface area contributed by atoms with Crippen molar-refractivity contribution in [2.24, 2.45) is 10.1 Å². The van der Waals surface area contributed by atoms with Crippen LogP contribution in [0.2, 0.25) is 0 Å². The number of nitrogens with two attached hydrogens (primary N) is 1. The number of nitrogens with one attached hydrogen (secondary N) is 1. The van der Waals surface area contributed by atoms with Gasteiger partial charge in [-0.05, 0) is 37.9 Å². The normalized spacial score (nSPS) is 14.8. The Morgan fingerprint density at radius 3 is 2.75 bits per heavy atom. The maximum Gasteiger partial charge on any atom is 0.285 e. The van der Waals surface area contributed by atoms with Crippen LogP contribution in [0.25, 0.3) is 0 Å². The summed E-state index contributed by atoms with van der Waals surface area (Å²) >= 11 is 0. The molecule has 0 saturated heterocycles. The molecule has 0 atom stereocenters. The van der Waals surface area contributed by atoms with Crippen LogP contribution >= 0.6 is 0 Å². The number of fused-ring (bicyclic) bond motifs is 1. The summed E-state index contributed by atoms with van der Waals surface area (Å²) in [7, 11) is -1.81. The minimum absolute atomic E-state index is 0.00167. The zero-order valence-electron chi connectivity index (χ0n) is 13.9. The second kappa shape index (κ2) is 8.25. The number of unbranched alkanes of at least 4 members (excludes halogenated alkanes) is 1. The summed E-state index contributed by atoms with van der Waals surface area (Å²) in [6, 6.07) is 6.78. The average molecular weight is 352 g/mol. The Balaban J connectivity index is 1.84. The van der Waals surface area contributed by atoms with Crippen molar-refractivity contribution in [1.82, 2.24) is 10.2 Å². The molecule has 0 unspecified atom stereocenters. The number of carbonyl (C=O) groups is 1. The number of amides is 1. The Bertz CT molecular complexity index is 716. The van der Waals surface area contributed by atoms with E-state index in [1.807, 2.05) is 0 Å². The standard InChI is InChI=1S/C16H24N4O3S/c1-20(12-6-9-15(21)18-11-5-4-10-17)16-13-7-2-3-8-14(13)24(22,23)19-16/h2-3,7-8H,4-6,9-12,17H2,1H3,(H,18,21). The lowest BCUT2D eigenvalue weighted by Crippen LogP contribution is -2.29. The molecule has 1 aliphatic rings. The smallest absolute Gasteiger partial charge is 0.285 e. The highest BCUT2D eigenvalue weighted by molar-refractivity contribution is 7.90. The maximum atomic E-state index is 12.0. The van der Waals surface area contributed by atoms with E-state index in [4.69, 9.17) is 5.73 Å². The summed E-state index contributed by atoms with van der Waals surface area (Å²) in [6.45, 7) is 1.83. The number of hydrogen-bond donors (Lipinski definition) is 2. The highest BCUT2D eigenvalue weighted by atomic mass is 32.2. The van der Waals surface area contributed by atoms with Gasteiger partial charge < -0.3 is 16.0 Å². The zero-order valence-corrected chi connectivity index (χ0v) is 14.7. The lowest BCUT2D eigenvalue weighted by atomic mass is 10.2. The molecule has 24 heavy (non-hydrogen) atoms. The van der Waals surface area contributed by atoms with Gasteiger partial charge in [0.1, 0.15) is 10.7 Å². The highest BCUT2D eigenvalue weighted by Gasteiger charge is 2.30. The number of sulfonamides is 1. The van der Waals surface area contributed by atoms with Crippen molar-refractivity contribution in [2.45, 2.75) is 30.6 Å². The van der Waals surface area contributed by atoms with Gasteiger partial charge >= 0.3 is 0 Å². The second-order valence-corrected chi connectivity index (χ2v) is 7.33.